The number of hydrogen-bond acceptors (Lipinski definition) is 5. The van der Waals surface area contributed by atoms with E-state index in [1.165, 1.54) is 10.6 Å². The molecule has 2 heterocycles. The van der Waals surface area contributed by atoms with Gasteiger partial charge in [-0.3, -0.25) is 4.79 Å². The molecule has 25 heavy (non-hydrogen) atoms. The van der Waals surface area contributed by atoms with Crippen molar-refractivity contribution in [3.05, 3.63) is 29.3 Å². The van der Waals surface area contributed by atoms with Gasteiger partial charge in [-0.25, -0.2) is 13.4 Å². The van der Waals surface area contributed by atoms with E-state index in [0.29, 0.717) is 19.5 Å². The van der Waals surface area contributed by atoms with Crippen molar-refractivity contribution < 1.29 is 13.2 Å². The number of piperidine rings is 1. The van der Waals surface area contributed by atoms with Gasteiger partial charge in [0.25, 0.3) is 0 Å². The topological polar surface area (TPSA) is 79.4 Å². The number of thiazole rings is 1. The third kappa shape index (κ3) is 4.19. The second kappa shape index (κ2) is 7.39. The summed E-state index contributed by atoms with van der Waals surface area (Å²) in [4.78, 5) is 17.1. The molecule has 1 amide bonds. The molecule has 1 aliphatic rings. The Balaban J connectivity index is 1.64. The number of para-hydroxylation sites is 1. The van der Waals surface area contributed by atoms with Crippen LogP contribution >= 0.6 is 11.3 Å². The van der Waals surface area contributed by atoms with Crippen molar-refractivity contribution in [2.75, 3.05) is 19.3 Å². The molecule has 1 aliphatic heterocycles. The third-order valence-corrected chi connectivity index (χ3v) is 7.05. The molecule has 0 radical (unpaired) electrons. The maximum Gasteiger partial charge on any atom is 0.238 e. The van der Waals surface area contributed by atoms with Crippen LogP contribution in [0.1, 0.15) is 37.1 Å². The van der Waals surface area contributed by atoms with Gasteiger partial charge in [-0.05, 0) is 25.0 Å². The minimum Gasteiger partial charge on any atom is -0.354 e. The van der Waals surface area contributed by atoms with Gasteiger partial charge in [0.15, 0.2) is 0 Å². The number of fused-ring (bicyclic) bond motifs is 1. The third-order valence-electron chi connectivity index (χ3n) is 4.50. The fourth-order valence-corrected chi connectivity index (χ4v) is 5.27. The lowest BCUT2D eigenvalue weighted by Gasteiger charge is -2.32. The summed E-state index contributed by atoms with van der Waals surface area (Å²) in [5, 5.41) is 3.90. The Hall–Kier alpha value is -1.51. The van der Waals surface area contributed by atoms with Crippen LogP contribution in [0.25, 0.3) is 10.2 Å². The van der Waals surface area contributed by atoms with E-state index in [0.717, 1.165) is 28.1 Å². The molecule has 1 fully saturated rings. The van der Waals surface area contributed by atoms with Crippen LogP contribution in [-0.2, 0) is 14.8 Å². The van der Waals surface area contributed by atoms with Crippen LogP contribution in [0, 0.1) is 0 Å². The molecule has 2 unspecified atom stereocenters. The van der Waals surface area contributed by atoms with Crippen molar-refractivity contribution in [3.63, 3.8) is 0 Å². The molecule has 0 bridgehead atoms. The van der Waals surface area contributed by atoms with Gasteiger partial charge < -0.3 is 5.32 Å². The molecule has 0 aliphatic carbocycles. The lowest BCUT2D eigenvalue weighted by atomic mass is 10.0. The van der Waals surface area contributed by atoms with Gasteiger partial charge in [0, 0.05) is 19.0 Å². The maximum absolute atomic E-state index is 12.5. The molecule has 1 saturated heterocycles. The number of rotatable bonds is 5. The summed E-state index contributed by atoms with van der Waals surface area (Å²) in [6.07, 6.45) is 3.42. The SMILES string of the molecule is CC(CNC(=O)C1CCCCN1S(C)(=O)=O)c1nc2ccccc2s1. The molecule has 3 rings (SSSR count). The number of nitrogens with zero attached hydrogens (tertiary/aromatic N) is 2. The predicted molar refractivity (Wildman–Crippen MR) is 100 cm³/mol. The minimum atomic E-state index is -3.37. The zero-order valence-corrected chi connectivity index (χ0v) is 16.1. The maximum atomic E-state index is 12.5. The van der Waals surface area contributed by atoms with Crippen LogP contribution in [0.2, 0.25) is 0 Å². The van der Waals surface area contributed by atoms with Crippen molar-refractivity contribution in [1.82, 2.24) is 14.6 Å². The largest absolute Gasteiger partial charge is 0.354 e. The standard InChI is InChI=1S/C17H23N3O3S2/c1-12(17-19-13-7-3-4-9-15(13)24-17)11-18-16(21)14-8-5-6-10-20(14)25(2,22)23/h3-4,7,9,12,14H,5-6,8,10-11H2,1-2H3,(H,18,21). The van der Waals surface area contributed by atoms with Gasteiger partial charge in [-0.1, -0.05) is 25.5 Å². The van der Waals surface area contributed by atoms with Crippen LogP contribution in [0.3, 0.4) is 0 Å². The van der Waals surface area contributed by atoms with Crippen molar-refractivity contribution >= 4 is 37.5 Å². The fraction of sp³-hybridized carbons (Fsp3) is 0.529. The van der Waals surface area contributed by atoms with E-state index >= 15 is 0 Å². The van der Waals surface area contributed by atoms with Crippen molar-refractivity contribution in [2.45, 2.75) is 38.1 Å². The molecule has 1 aromatic heterocycles. The molecule has 2 atom stereocenters. The fourth-order valence-electron chi connectivity index (χ4n) is 3.12. The highest BCUT2D eigenvalue weighted by atomic mass is 32.2. The van der Waals surface area contributed by atoms with E-state index < -0.39 is 16.1 Å². The second-order valence-electron chi connectivity index (χ2n) is 6.55. The summed E-state index contributed by atoms with van der Waals surface area (Å²) in [6.45, 7) is 2.89. The van der Waals surface area contributed by atoms with Crippen LogP contribution < -0.4 is 5.32 Å². The van der Waals surface area contributed by atoms with Gasteiger partial charge in [0.2, 0.25) is 15.9 Å². The van der Waals surface area contributed by atoms with Crippen LogP contribution in [-0.4, -0.2) is 49.0 Å². The van der Waals surface area contributed by atoms with E-state index in [1.807, 2.05) is 31.2 Å². The molecule has 136 valence electrons. The van der Waals surface area contributed by atoms with Gasteiger partial charge in [-0.15, -0.1) is 11.3 Å². The number of carbonyl (C=O) groups is 1. The van der Waals surface area contributed by atoms with Crippen LogP contribution in [0.15, 0.2) is 24.3 Å². The molecule has 2 aromatic rings. The van der Waals surface area contributed by atoms with Gasteiger partial charge in [-0.2, -0.15) is 4.31 Å². The summed E-state index contributed by atoms with van der Waals surface area (Å²) in [7, 11) is -3.37. The lowest BCUT2D eigenvalue weighted by Crippen LogP contribution is -2.51. The summed E-state index contributed by atoms with van der Waals surface area (Å²) in [5.41, 5.74) is 0.969. The summed E-state index contributed by atoms with van der Waals surface area (Å²) in [6, 6.07) is 7.37. The Bertz CT molecular complexity index is 830. The first kappa shape index (κ1) is 18.3. The first-order valence-electron chi connectivity index (χ1n) is 8.46. The lowest BCUT2D eigenvalue weighted by molar-refractivity contribution is -0.125. The van der Waals surface area contributed by atoms with E-state index in [9.17, 15) is 13.2 Å². The Morgan fingerprint density at radius 1 is 1.40 bits per heavy atom. The molecule has 0 saturated carbocycles. The Morgan fingerprint density at radius 3 is 2.88 bits per heavy atom. The average Bonchev–Trinajstić information content (AvgIpc) is 3.03. The molecule has 1 aromatic carbocycles. The number of amides is 1. The monoisotopic (exact) mass is 381 g/mol. The van der Waals surface area contributed by atoms with Crippen LogP contribution in [0.4, 0.5) is 0 Å². The number of nitrogens with one attached hydrogen (secondary N) is 1. The van der Waals surface area contributed by atoms with Gasteiger partial charge in [0.1, 0.15) is 6.04 Å². The molecule has 0 spiro atoms. The number of sulfonamides is 1. The summed E-state index contributed by atoms with van der Waals surface area (Å²) >= 11 is 1.63. The zero-order chi connectivity index (χ0) is 18.0. The normalized spacial score (nSPS) is 20.5. The number of benzene rings is 1. The molecular weight excluding hydrogens is 358 g/mol. The average molecular weight is 382 g/mol. The van der Waals surface area contributed by atoms with Crippen molar-refractivity contribution in [3.8, 4) is 0 Å². The summed E-state index contributed by atoms with van der Waals surface area (Å²) < 4.78 is 26.3. The molecule has 1 N–H and O–H groups in total. The predicted octanol–water partition coefficient (Wildman–Crippen LogP) is 2.33. The molecule has 8 heteroatoms. The molecular formula is C17H23N3O3S2. The second-order valence-corrected chi connectivity index (χ2v) is 9.55. The zero-order valence-electron chi connectivity index (χ0n) is 14.4. The van der Waals surface area contributed by atoms with E-state index in [-0.39, 0.29) is 11.8 Å². The summed E-state index contributed by atoms with van der Waals surface area (Å²) in [5.74, 6) is -0.130. The van der Waals surface area contributed by atoms with E-state index in [2.05, 4.69) is 10.3 Å². The van der Waals surface area contributed by atoms with Crippen molar-refractivity contribution in [1.29, 1.82) is 0 Å². The minimum absolute atomic E-state index is 0.0802. The Morgan fingerprint density at radius 2 is 2.16 bits per heavy atom. The highest BCUT2D eigenvalue weighted by Crippen LogP contribution is 2.27. The van der Waals surface area contributed by atoms with Crippen molar-refractivity contribution in [2.24, 2.45) is 0 Å². The number of carbonyl (C=O) groups excluding carboxylic acids is 1. The molecule has 6 nitrogen and oxygen atoms in total. The number of hydrogen-bond donors (Lipinski definition) is 1. The Labute approximate surface area is 152 Å². The van der Waals surface area contributed by atoms with Gasteiger partial charge in [0.05, 0.1) is 21.5 Å². The van der Waals surface area contributed by atoms with Gasteiger partial charge >= 0.3 is 0 Å². The quantitative estimate of drug-likeness (QED) is 0.862. The smallest absolute Gasteiger partial charge is 0.238 e. The van der Waals surface area contributed by atoms with E-state index in [4.69, 9.17) is 0 Å². The van der Waals surface area contributed by atoms with E-state index in [1.54, 1.807) is 11.3 Å². The first-order chi connectivity index (χ1) is 11.9. The highest BCUT2D eigenvalue weighted by molar-refractivity contribution is 7.88. The number of aromatic nitrogens is 1. The highest BCUT2D eigenvalue weighted by Gasteiger charge is 2.34. The Kier molecular flexibility index (Phi) is 5.41. The van der Waals surface area contributed by atoms with Crippen LogP contribution in [0.5, 0.6) is 0 Å². The first-order valence-corrected chi connectivity index (χ1v) is 11.1.